The maximum absolute atomic E-state index is 12.2. The van der Waals surface area contributed by atoms with Gasteiger partial charge in [-0.3, -0.25) is 10.1 Å². The Hall–Kier alpha value is -2.74. The molecule has 0 fully saturated rings. The zero-order valence-corrected chi connectivity index (χ0v) is 14.9. The highest BCUT2D eigenvalue weighted by atomic mass is 32.2. The molecule has 0 aliphatic carbocycles. The zero-order chi connectivity index (χ0) is 18.7. The van der Waals surface area contributed by atoms with Crippen LogP contribution in [0.2, 0.25) is 0 Å². The van der Waals surface area contributed by atoms with E-state index in [1.807, 2.05) is 20.8 Å². The van der Waals surface area contributed by atoms with Crippen LogP contribution >= 0.6 is 0 Å². The molecule has 0 radical (unpaired) electrons. The monoisotopic (exact) mass is 361 g/mol. The highest BCUT2D eigenvalue weighted by Crippen LogP contribution is 2.23. The first-order valence-electron chi connectivity index (χ1n) is 7.50. The van der Waals surface area contributed by atoms with Crippen molar-refractivity contribution in [1.82, 2.24) is 4.83 Å². The van der Waals surface area contributed by atoms with Crippen LogP contribution < -0.4 is 4.83 Å². The number of benzene rings is 2. The summed E-state index contributed by atoms with van der Waals surface area (Å²) in [6, 6.07) is 12.4. The second-order valence-electron chi connectivity index (χ2n) is 6.44. The van der Waals surface area contributed by atoms with Crippen molar-refractivity contribution in [2.24, 2.45) is 5.10 Å². The molecule has 0 amide bonds. The minimum Gasteiger partial charge on any atom is -0.258 e. The van der Waals surface area contributed by atoms with Gasteiger partial charge in [0.15, 0.2) is 0 Å². The fourth-order valence-corrected chi connectivity index (χ4v) is 2.91. The molecule has 0 saturated carbocycles. The van der Waals surface area contributed by atoms with Gasteiger partial charge < -0.3 is 0 Å². The molecule has 1 N–H and O–H groups in total. The standard InChI is InChI=1S/C17H19N3O4S/c1-17(2,3)14-8-10-15(11-9-14)25(23,24)19-18-12-13-6-4-5-7-16(13)20(21)22/h4-12,19H,1-3H3/b18-12-. The summed E-state index contributed by atoms with van der Waals surface area (Å²) in [6.07, 6.45) is 1.11. The Labute approximate surface area is 146 Å². The number of sulfonamides is 1. The Bertz CT molecular complexity index is 898. The van der Waals surface area contributed by atoms with E-state index in [-0.39, 0.29) is 21.6 Å². The number of nitro benzene ring substituents is 1. The number of hydrogen-bond acceptors (Lipinski definition) is 5. The van der Waals surface area contributed by atoms with Gasteiger partial charge in [-0.1, -0.05) is 45.0 Å². The Morgan fingerprint density at radius 1 is 1.08 bits per heavy atom. The molecule has 0 aliphatic heterocycles. The Kier molecular flexibility index (Phi) is 5.22. The highest BCUT2D eigenvalue weighted by Gasteiger charge is 2.17. The predicted octanol–water partition coefficient (Wildman–Crippen LogP) is 3.20. The average molecular weight is 361 g/mol. The molecule has 2 rings (SSSR count). The lowest BCUT2D eigenvalue weighted by atomic mass is 9.87. The van der Waals surface area contributed by atoms with Crippen LogP contribution in [0.1, 0.15) is 31.9 Å². The first kappa shape index (κ1) is 18.6. The molecule has 2 aromatic rings. The normalized spacial score (nSPS) is 12.3. The van der Waals surface area contributed by atoms with Gasteiger partial charge in [0.05, 0.1) is 21.6 Å². The van der Waals surface area contributed by atoms with Gasteiger partial charge in [-0.25, -0.2) is 4.83 Å². The molecule has 25 heavy (non-hydrogen) atoms. The van der Waals surface area contributed by atoms with Crippen molar-refractivity contribution < 1.29 is 13.3 Å². The van der Waals surface area contributed by atoms with E-state index in [9.17, 15) is 18.5 Å². The quantitative estimate of drug-likeness (QED) is 0.502. The molecule has 0 spiro atoms. The lowest BCUT2D eigenvalue weighted by Crippen LogP contribution is -2.19. The lowest BCUT2D eigenvalue weighted by molar-refractivity contribution is -0.385. The van der Waals surface area contributed by atoms with Crippen molar-refractivity contribution in [3.63, 3.8) is 0 Å². The largest absolute Gasteiger partial charge is 0.278 e. The number of nitrogens with one attached hydrogen (secondary N) is 1. The van der Waals surface area contributed by atoms with Crippen LogP contribution in [0, 0.1) is 10.1 Å². The van der Waals surface area contributed by atoms with Gasteiger partial charge in [-0.05, 0) is 29.2 Å². The summed E-state index contributed by atoms with van der Waals surface area (Å²) in [4.78, 5) is 12.5. The molecule has 0 heterocycles. The molecule has 8 heteroatoms. The first-order chi connectivity index (χ1) is 11.6. The fraction of sp³-hybridized carbons (Fsp3) is 0.235. The Morgan fingerprint density at radius 2 is 1.68 bits per heavy atom. The molecule has 0 atom stereocenters. The average Bonchev–Trinajstić information content (AvgIpc) is 2.54. The van der Waals surface area contributed by atoms with E-state index in [0.29, 0.717) is 0 Å². The Morgan fingerprint density at radius 3 is 2.24 bits per heavy atom. The number of rotatable bonds is 5. The second-order valence-corrected chi connectivity index (χ2v) is 8.10. The van der Waals surface area contributed by atoms with E-state index in [1.54, 1.807) is 18.2 Å². The molecule has 7 nitrogen and oxygen atoms in total. The molecular formula is C17H19N3O4S. The van der Waals surface area contributed by atoms with E-state index in [1.165, 1.54) is 30.3 Å². The minimum atomic E-state index is -3.84. The topological polar surface area (TPSA) is 102 Å². The molecule has 0 aromatic heterocycles. The summed E-state index contributed by atoms with van der Waals surface area (Å²) in [7, 11) is -3.84. The van der Waals surface area contributed by atoms with Gasteiger partial charge in [0.25, 0.3) is 15.7 Å². The number of para-hydroxylation sites is 1. The number of nitrogens with zero attached hydrogens (tertiary/aromatic N) is 2. The summed E-state index contributed by atoms with van der Waals surface area (Å²) in [6.45, 7) is 6.10. The van der Waals surface area contributed by atoms with Crippen molar-refractivity contribution in [2.75, 3.05) is 0 Å². The van der Waals surface area contributed by atoms with Gasteiger partial charge in [0, 0.05) is 6.07 Å². The number of nitro groups is 1. The third-order valence-electron chi connectivity index (χ3n) is 3.54. The maximum atomic E-state index is 12.2. The van der Waals surface area contributed by atoms with Crippen molar-refractivity contribution in [1.29, 1.82) is 0 Å². The lowest BCUT2D eigenvalue weighted by Gasteiger charge is -2.19. The van der Waals surface area contributed by atoms with E-state index >= 15 is 0 Å². The van der Waals surface area contributed by atoms with Crippen molar-refractivity contribution in [3.8, 4) is 0 Å². The summed E-state index contributed by atoms with van der Waals surface area (Å²) in [5.41, 5.74) is 0.980. The molecule has 0 unspecified atom stereocenters. The van der Waals surface area contributed by atoms with E-state index in [2.05, 4.69) is 9.93 Å². The second kappa shape index (κ2) is 7.02. The van der Waals surface area contributed by atoms with Crippen molar-refractivity contribution in [3.05, 3.63) is 69.8 Å². The molecule has 0 bridgehead atoms. The summed E-state index contributed by atoms with van der Waals surface area (Å²) >= 11 is 0. The number of hydrogen-bond donors (Lipinski definition) is 1. The zero-order valence-electron chi connectivity index (χ0n) is 14.1. The summed E-state index contributed by atoms with van der Waals surface area (Å²) in [5.74, 6) is 0. The Balaban J connectivity index is 2.18. The first-order valence-corrected chi connectivity index (χ1v) is 8.98. The molecule has 0 aliphatic rings. The fourth-order valence-electron chi connectivity index (χ4n) is 2.12. The van der Waals surface area contributed by atoms with Gasteiger partial charge in [0.1, 0.15) is 0 Å². The third-order valence-corrected chi connectivity index (χ3v) is 4.78. The van der Waals surface area contributed by atoms with Crippen LogP contribution in [0.4, 0.5) is 5.69 Å². The minimum absolute atomic E-state index is 0.0696. The van der Waals surface area contributed by atoms with E-state index in [4.69, 9.17) is 0 Å². The van der Waals surface area contributed by atoms with Crippen LogP contribution in [-0.4, -0.2) is 19.6 Å². The van der Waals surface area contributed by atoms with Gasteiger partial charge in [-0.15, -0.1) is 0 Å². The summed E-state index contributed by atoms with van der Waals surface area (Å²) < 4.78 is 24.5. The van der Waals surface area contributed by atoms with Crippen LogP contribution in [0.5, 0.6) is 0 Å². The van der Waals surface area contributed by atoms with Crippen LogP contribution in [0.15, 0.2) is 58.5 Å². The van der Waals surface area contributed by atoms with Crippen LogP contribution in [-0.2, 0) is 15.4 Å². The predicted molar refractivity (Wildman–Crippen MR) is 96.2 cm³/mol. The molecule has 132 valence electrons. The smallest absolute Gasteiger partial charge is 0.258 e. The van der Waals surface area contributed by atoms with Crippen LogP contribution in [0.25, 0.3) is 0 Å². The summed E-state index contributed by atoms with van der Waals surface area (Å²) in [5, 5.41) is 14.6. The molecule has 2 aromatic carbocycles. The van der Waals surface area contributed by atoms with Gasteiger partial charge in [-0.2, -0.15) is 13.5 Å². The molecular weight excluding hydrogens is 342 g/mol. The van der Waals surface area contributed by atoms with Crippen LogP contribution in [0.3, 0.4) is 0 Å². The SMILES string of the molecule is CC(C)(C)c1ccc(S(=O)(=O)N/N=C\c2ccccc2[N+](=O)[O-])cc1. The van der Waals surface area contributed by atoms with Gasteiger partial charge >= 0.3 is 0 Å². The van der Waals surface area contributed by atoms with E-state index in [0.717, 1.165) is 11.8 Å². The third kappa shape index (κ3) is 4.63. The van der Waals surface area contributed by atoms with Gasteiger partial charge in [0.2, 0.25) is 0 Å². The molecule has 0 saturated heterocycles. The highest BCUT2D eigenvalue weighted by molar-refractivity contribution is 7.89. The number of hydrazone groups is 1. The van der Waals surface area contributed by atoms with Crippen molar-refractivity contribution in [2.45, 2.75) is 31.1 Å². The van der Waals surface area contributed by atoms with E-state index < -0.39 is 14.9 Å². The van der Waals surface area contributed by atoms with Crippen molar-refractivity contribution >= 4 is 21.9 Å². The maximum Gasteiger partial charge on any atom is 0.278 e.